The molecule has 5 nitrogen and oxygen atoms in total. The number of ether oxygens (including phenoxy) is 1. The Morgan fingerprint density at radius 1 is 1.17 bits per heavy atom. The lowest BCUT2D eigenvalue weighted by molar-refractivity contribution is -0.149. The van der Waals surface area contributed by atoms with Gasteiger partial charge in [0.1, 0.15) is 5.75 Å². The number of nitrogens with zero attached hydrogens (tertiary/aromatic N) is 2. The van der Waals surface area contributed by atoms with E-state index in [0.717, 1.165) is 49.9 Å². The highest BCUT2D eigenvalue weighted by molar-refractivity contribution is 5.94. The van der Waals surface area contributed by atoms with Crippen molar-refractivity contribution in [3.63, 3.8) is 0 Å². The van der Waals surface area contributed by atoms with Gasteiger partial charge in [-0.15, -0.1) is 0 Å². The lowest BCUT2D eigenvalue weighted by atomic mass is 9.55. The van der Waals surface area contributed by atoms with Gasteiger partial charge in [0.25, 0.3) is 5.91 Å². The molecule has 4 rings (SSSR count). The maximum absolute atomic E-state index is 13.1. The Balaban J connectivity index is 1.71. The number of amides is 1. The minimum atomic E-state index is -0.332. The molecule has 1 N–H and O–H groups in total. The van der Waals surface area contributed by atoms with Crippen LogP contribution in [0.2, 0.25) is 0 Å². The molecular formula is C25H32N2O3. The quantitative estimate of drug-likeness (QED) is 0.839. The van der Waals surface area contributed by atoms with Gasteiger partial charge in [0.2, 0.25) is 0 Å². The van der Waals surface area contributed by atoms with E-state index in [1.165, 1.54) is 0 Å². The number of aromatic hydroxyl groups is 1. The molecule has 2 aromatic rings. The lowest BCUT2D eigenvalue weighted by Gasteiger charge is -2.60. The van der Waals surface area contributed by atoms with E-state index in [1.807, 2.05) is 61.5 Å². The Morgan fingerprint density at radius 3 is 2.63 bits per heavy atom. The number of rotatable bonds is 4. The number of phenols is 1. The number of likely N-dealkylation sites (tertiary alicyclic amines) is 1. The highest BCUT2D eigenvalue weighted by Gasteiger charge is 2.59. The van der Waals surface area contributed by atoms with Crippen LogP contribution in [0.5, 0.6) is 5.75 Å². The number of likely N-dealkylation sites (N-methyl/N-ethyl adjacent to an activating group) is 1. The molecule has 1 saturated carbocycles. The maximum atomic E-state index is 13.1. The van der Waals surface area contributed by atoms with Crippen molar-refractivity contribution in [3.05, 3.63) is 65.7 Å². The third-order valence-corrected chi connectivity index (χ3v) is 7.46. The molecule has 1 aliphatic heterocycles. The Kier molecular flexibility index (Phi) is 5.60. The number of phenolic OH excluding ortho intramolecular Hbond substituents is 1. The van der Waals surface area contributed by atoms with Crippen molar-refractivity contribution < 1.29 is 14.6 Å². The number of hydrogen-bond donors (Lipinski definition) is 1. The van der Waals surface area contributed by atoms with Crippen LogP contribution in [0.4, 0.5) is 0 Å². The molecule has 0 radical (unpaired) electrons. The van der Waals surface area contributed by atoms with Gasteiger partial charge in [-0.3, -0.25) is 4.79 Å². The highest BCUT2D eigenvalue weighted by atomic mass is 16.5. The predicted molar refractivity (Wildman–Crippen MR) is 118 cm³/mol. The third-order valence-electron chi connectivity index (χ3n) is 7.46. The van der Waals surface area contributed by atoms with Crippen LogP contribution in [0.25, 0.3) is 0 Å². The third kappa shape index (κ3) is 3.40. The summed E-state index contributed by atoms with van der Waals surface area (Å²) in [5.41, 5.74) is 1.25. The summed E-state index contributed by atoms with van der Waals surface area (Å²) in [6, 6.07) is 17.2. The summed E-state index contributed by atoms with van der Waals surface area (Å²) >= 11 is 0. The monoisotopic (exact) mass is 408 g/mol. The van der Waals surface area contributed by atoms with Crippen molar-refractivity contribution in [1.82, 2.24) is 9.80 Å². The molecule has 2 unspecified atom stereocenters. The lowest BCUT2D eigenvalue weighted by Crippen LogP contribution is -2.67. The molecule has 2 fully saturated rings. The van der Waals surface area contributed by atoms with E-state index in [-0.39, 0.29) is 28.7 Å². The van der Waals surface area contributed by atoms with Gasteiger partial charge in [-0.1, -0.05) is 30.3 Å². The standard InChI is InChI=1S/C25H32N2O3/c1-26-15-14-24(20-10-7-11-22(28)16-20)17-21(12-13-25(24,18-26)30-3)27(2)23(29)19-8-5-4-6-9-19/h4-11,16,21,28H,12-15,17-18H2,1-3H3/t21-,24?,25?/m0/s1. The average molecular weight is 409 g/mol. The second-order valence-corrected chi connectivity index (χ2v) is 9.00. The number of carbonyl (C=O) groups excluding carboxylic acids is 1. The molecule has 3 atom stereocenters. The molecular weight excluding hydrogens is 376 g/mol. The molecule has 160 valence electrons. The van der Waals surface area contributed by atoms with Gasteiger partial charge in [0.05, 0.1) is 5.60 Å². The Labute approximate surface area is 179 Å². The summed E-state index contributed by atoms with van der Waals surface area (Å²) in [5, 5.41) is 10.2. The summed E-state index contributed by atoms with van der Waals surface area (Å²) in [4.78, 5) is 17.4. The SMILES string of the molecule is COC12CC[C@H](N(C)C(=O)c3ccccc3)CC1(c1cccc(O)c1)CCN(C)C2. The van der Waals surface area contributed by atoms with Crippen LogP contribution in [0.15, 0.2) is 54.6 Å². The van der Waals surface area contributed by atoms with Crippen molar-refractivity contribution >= 4 is 5.91 Å². The van der Waals surface area contributed by atoms with Crippen LogP contribution in [0.1, 0.15) is 41.6 Å². The van der Waals surface area contributed by atoms with Gasteiger partial charge < -0.3 is 19.6 Å². The highest BCUT2D eigenvalue weighted by Crippen LogP contribution is 2.54. The molecule has 0 spiro atoms. The zero-order chi connectivity index (χ0) is 21.4. The van der Waals surface area contributed by atoms with E-state index in [0.29, 0.717) is 0 Å². The Bertz CT molecular complexity index is 902. The molecule has 1 amide bonds. The molecule has 1 saturated heterocycles. The van der Waals surface area contributed by atoms with E-state index in [1.54, 1.807) is 6.07 Å². The largest absolute Gasteiger partial charge is 0.508 e. The predicted octanol–water partition coefficient (Wildman–Crippen LogP) is 3.68. The van der Waals surface area contributed by atoms with Crippen LogP contribution >= 0.6 is 0 Å². The van der Waals surface area contributed by atoms with Crippen LogP contribution in [-0.2, 0) is 10.2 Å². The first-order valence-corrected chi connectivity index (χ1v) is 10.8. The van der Waals surface area contributed by atoms with Gasteiger partial charge in [0.15, 0.2) is 0 Å². The van der Waals surface area contributed by atoms with Crippen LogP contribution < -0.4 is 0 Å². The number of benzene rings is 2. The fraction of sp³-hybridized carbons (Fsp3) is 0.480. The second kappa shape index (κ2) is 8.05. The summed E-state index contributed by atoms with van der Waals surface area (Å²) in [6.07, 6.45) is 3.54. The van der Waals surface area contributed by atoms with Crippen molar-refractivity contribution in [2.45, 2.75) is 42.7 Å². The zero-order valence-corrected chi connectivity index (χ0v) is 18.2. The van der Waals surface area contributed by atoms with Crippen LogP contribution in [-0.4, -0.2) is 66.8 Å². The smallest absolute Gasteiger partial charge is 0.253 e. The van der Waals surface area contributed by atoms with E-state index < -0.39 is 0 Å². The van der Waals surface area contributed by atoms with Crippen LogP contribution in [0.3, 0.4) is 0 Å². The van der Waals surface area contributed by atoms with Gasteiger partial charge in [-0.05, 0) is 69.1 Å². The number of methoxy groups -OCH3 is 1. The van der Waals surface area contributed by atoms with Gasteiger partial charge in [-0.25, -0.2) is 0 Å². The topological polar surface area (TPSA) is 53.0 Å². The molecule has 2 aromatic carbocycles. The molecule has 1 heterocycles. The van der Waals surface area contributed by atoms with E-state index in [2.05, 4.69) is 18.0 Å². The number of fused-ring (bicyclic) bond motifs is 1. The summed E-state index contributed by atoms with van der Waals surface area (Å²) in [5.74, 6) is 0.339. The zero-order valence-electron chi connectivity index (χ0n) is 18.2. The Hall–Kier alpha value is -2.37. The van der Waals surface area contributed by atoms with Crippen LogP contribution in [0, 0.1) is 0 Å². The molecule has 1 aliphatic carbocycles. The first-order chi connectivity index (χ1) is 14.4. The van der Waals surface area contributed by atoms with Gasteiger partial charge in [0, 0.05) is 37.7 Å². The van der Waals surface area contributed by atoms with E-state index in [4.69, 9.17) is 4.74 Å². The molecule has 0 bridgehead atoms. The summed E-state index contributed by atoms with van der Waals surface area (Å²) in [6.45, 7) is 1.81. The minimum Gasteiger partial charge on any atom is -0.508 e. The van der Waals surface area contributed by atoms with Crippen molar-refractivity contribution in [2.24, 2.45) is 0 Å². The van der Waals surface area contributed by atoms with Crippen molar-refractivity contribution in [2.75, 3.05) is 34.3 Å². The maximum Gasteiger partial charge on any atom is 0.253 e. The average Bonchev–Trinajstić information content (AvgIpc) is 2.78. The molecule has 5 heteroatoms. The van der Waals surface area contributed by atoms with Gasteiger partial charge >= 0.3 is 0 Å². The molecule has 30 heavy (non-hydrogen) atoms. The number of hydrogen-bond acceptors (Lipinski definition) is 4. The van der Waals surface area contributed by atoms with E-state index >= 15 is 0 Å². The number of carbonyl (C=O) groups is 1. The first-order valence-electron chi connectivity index (χ1n) is 10.8. The normalized spacial score (nSPS) is 29.2. The minimum absolute atomic E-state index is 0.0597. The molecule has 0 aromatic heterocycles. The van der Waals surface area contributed by atoms with Crippen molar-refractivity contribution in [1.29, 1.82) is 0 Å². The summed E-state index contributed by atoms with van der Waals surface area (Å²) in [7, 11) is 5.88. The number of piperidine rings is 1. The van der Waals surface area contributed by atoms with E-state index in [9.17, 15) is 9.90 Å². The fourth-order valence-electron chi connectivity index (χ4n) is 5.76. The van der Waals surface area contributed by atoms with Crippen molar-refractivity contribution in [3.8, 4) is 5.75 Å². The second-order valence-electron chi connectivity index (χ2n) is 9.00. The molecule has 2 aliphatic rings. The fourth-order valence-corrected chi connectivity index (χ4v) is 5.76. The Morgan fingerprint density at radius 2 is 1.93 bits per heavy atom. The summed E-state index contributed by atoms with van der Waals surface area (Å²) < 4.78 is 6.30. The first kappa shape index (κ1) is 20.9. The van der Waals surface area contributed by atoms with Gasteiger partial charge in [-0.2, -0.15) is 0 Å².